The Balaban J connectivity index is 1.34. The number of hydrogen-bond acceptors (Lipinski definition) is 4. The van der Waals surface area contributed by atoms with Gasteiger partial charge in [0.2, 0.25) is 10.0 Å². The molecule has 5 rings (SSSR count). The molecule has 1 aliphatic rings. The first-order chi connectivity index (χ1) is 16.4. The summed E-state index contributed by atoms with van der Waals surface area (Å²) < 4.78 is 44.4. The molecule has 0 aliphatic carbocycles. The summed E-state index contributed by atoms with van der Waals surface area (Å²) in [7, 11) is -3.56. The third-order valence-electron chi connectivity index (χ3n) is 6.35. The average Bonchev–Trinajstić information content (AvgIpc) is 3.47. The van der Waals surface area contributed by atoms with Crippen molar-refractivity contribution in [1.29, 1.82) is 0 Å². The molecular weight excluding hydrogens is 477 g/mol. The van der Waals surface area contributed by atoms with Crippen molar-refractivity contribution < 1.29 is 12.8 Å². The molecule has 0 spiro atoms. The molecule has 10 heteroatoms. The van der Waals surface area contributed by atoms with E-state index in [-0.39, 0.29) is 16.6 Å². The summed E-state index contributed by atoms with van der Waals surface area (Å²) in [6.45, 7) is 3.57. The van der Waals surface area contributed by atoms with Crippen LogP contribution in [0.3, 0.4) is 0 Å². The Hall–Kier alpha value is -2.75. The highest BCUT2D eigenvalue weighted by Crippen LogP contribution is 2.37. The van der Waals surface area contributed by atoms with Crippen molar-refractivity contribution >= 4 is 32.5 Å². The van der Waals surface area contributed by atoms with Crippen molar-refractivity contribution in [2.24, 2.45) is 0 Å². The maximum Gasteiger partial charge on any atom is 0.246 e. The first-order valence-corrected chi connectivity index (χ1v) is 13.1. The number of nitrogens with zero attached hydrogens (tertiary/aromatic N) is 5. The van der Waals surface area contributed by atoms with Crippen LogP contribution in [0.5, 0.6) is 0 Å². The quantitative estimate of drug-likeness (QED) is 0.373. The second-order valence-electron chi connectivity index (χ2n) is 8.58. The molecule has 1 aliphatic heterocycles. The largest absolute Gasteiger partial charge is 0.271 e. The Labute approximate surface area is 202 Å². The molecule has 34 heavy (non-hydrogen) atoms. The summed E-state index contributed by atoms with van der Waals surface area (Å²) in [6, 6.07) is 10.1. The molecule has 2 aromatic heterocycles. The van der Waals surface area contributed by atoms with Crippen LogP contribution in [0.1, 0.15) is 37.7 Å². The topological polar surface area (TPSA) is 73.0 Å². The lowest BCUT2D eigenvalue weighted by Crippen LogP contribution is -2.37. The van der Waals surface area contributed by atoms with Gasteiger partial charge in [0.25, 0.3) is 0 Å². The monoisotopic (exact) mass is 501 g/mol. The minimum Gasteiger partial charge on any atom is -0.271 e. The summed E-state index contributed by atoms with van der Waals surface area (Å²) in [5, 5.41) is 10.2. The number of halogens is 2. The smallest absolute Gasteiger partial charge is 0.246 e. The van der Waals surface area contributed by atoms with E-state index in [4.69, 9.17) is 11.6 Å². The van der Waals surface area contributed by atoms with Crippen LogP contribution in [0, 0.1) is 5.82 Å². The van der Waals surface area contributed by atoms with Crippen molar-refractivity contribution in [3.63, 3.8) is 0 Å². The van der Waals surface area contributed by atoms with E-state index in [9.17, 15) is 12.8 Å². The van der Waals surface area contributed by atoms with E-state index in [2.05, 4.69) is 10.2 Å². The molecule has 178 valence electrons. The van der Waals surface area contributed by atoms with Gasteiger partial charge in [-0.3, -0.25) is 4.68 Å². The molecule has 1 saturated heterocycles. The van der Waals surface area contributed by atoms with E-state index >= 15 is 0 Å². The second-order valence-corrected chi connectivity index (χ2v) is 10.9. The SMILES string of the molecule is CCCn1cc(S(=O)(=O)N2CCC(c3cc4cnn(-c5ccc(F)cc5)c4cc3Cl)CC2)cn1. The molecule has 0 atom stereocenters. The average molecular weight is 502 g/mol. The molecule has 4 aromatic rings. The van der Waals surface area contributed by atoms with E-state index in [1.54, 1.807) is 33.9 Å². The third-order valence-corrected chi connectivity index (χ3v) is 8.53. The Morgan fingerprint density at radius 1 is 1.09 bits per heavy atom. The van der Waals surface area contributed by atoms with Crippen LogP contribution in [0.2, 0.25) is 5.02 Å². The molecule has 0 radical (unpaired) electrons. The van der Waals surface area contributed by atoms with Crippen molar-refractivity contribution in [2.45, 2.75) is 43.5 Å². The molecule has 7 nitrogen and oxygen atoms in total. The van der Waals surface area contributed by atoms with Crippen LogP contribution in [0.4, 0.5) is 4.39 Å². The number of rotatable bonds is 6. The van der Waals surface area contributed by atoms with Gasteiger partial charge in [-0.2, -0.15) is 14.5 Å². The Bertz CT molecular complexity index is 1420. The van der Waals surface area contributed by atoms with Crippen LogP contribution >= 0.6 is 11.6 Å². The molecule has 0 unspecified atom stereocenters. The van der Waals surface area contributed by atoms with Gasteiger partial charge < -0.3 is 0 Å². The molecule has 3 heterocycles. The molecule has 0 amide bonds. The minimum atomic E-state index is -3.56. The summed E-state index contributed by atoms with van der Waals surface area (Å²) in [5.74, 6) is -0.149. The predicted molar refractivity (Wildman–Crippen MR) is 129 cm³/mol. The van der Waals surface area contributed by atoms with Crippen molar-refractivity contribution in [2.75, 3.05) is 13.1 Å². The predicted octanol–water partition coefficient (Wildman–Crippen LogP) is 4.99. The Morgan fingerprint density at radius 2 is 1.82 bits per heavy atom. The van der Waals surface area contributed by atoms with Gasteiger partial charge in [0, 0.05) is 36.2 Å². The highest BCUT2D eigenvalue weighted by molar-refractivity contribution is 7.89. The number of hydrogen-bond donors (Lipinski definition) is 0. The number of aromatic nitrogens is 4. The summed E-state index contributed by atoms with van der Waals surface area (Å²) in [4.78, 5) is 0.243. The number of benzene rings is 2. The minimum absolute atomic E-state index is 0.153. The van der Waals surface area contributed by atoms with Crippen LogP contribution < -0.4 is 0 Å². The fourth-order valence-electron chi connectivity index (χ4n) is 4.55. The maximum absolute atomic E-state index is 13.3. The van der Waals surface area contributed by atoms with E-state index in [0.29, 0.717) is 37.5 Å². The molecule has 2 aromatic carbocycles. The van der Waals surface area contributed by atoms with Crippen LogP contribution in [-0.4, -0.2) is 45.4 Å². The normalized spacial score (nSPS) is 15.9. The van der Waals surface area contributed by atoms with Gasteiger partial charge in [-0.15, -0.1) is 0 Å². The van der Waals surface area contributed by atoms with Gasteiger partial charge in [0.15, 0.2) is 0 Å². The lowest BCUT2D eigenvalue weighted by molar-refractivity contribution is 0.319. The first kappa shape index (κ1) is 23.0. The maximum atomic E-state index is 13.3. The van der Waals surface area contributed by atoms with Gasteiger partial charge >= 0.3 is 0 Å². The van der Waals surface area contributed by atoms with Gasteiger partial charge in [-0.25, -0.2) is 17.5 Å². The Kier molecular flexibility index (Phi) is 6.18. The van der Waals surface area contributed by atoms with Crippen LogP contribution in [0.25, 0.3) is 16.6 Å². The van der Waals surface area contributed by atoms with E-state index in [1.807, 2.05) is 19.1 Å². The molecule has 0 saturated carbocycles. The lowest BCUT2D eigenvalue weighted by atomic mass is 9.89. The molecule has 0 N–H and O–H groups in total. The Morgan fingerprint density at radius 3 is 2.53 bits per heavy atom. The van der Waals surface area contributed by atoms with Gasteiger partial charge in [-0.05, 0) is 67.1 Å². The zero-order chi connectivity index (χ0) is 23.9. The highest BCUT2D eigenvalue weighted by atomic mass is 35.5. The molecular formula is C24H25ClFN5O2S. The lowest BCUT2D eigenvalue weighted by Gasteiger charge is -2.31. The third kappa shape index (κ3) is 4.23. The van der Waals surface area contributed by atoms with E-state index in [1.165, 1.54) is 22.6 Å². The fraction of sp³-hybridized carbons (Fsp3) is 0.333. The van der Waals surface area contributed by atoms with E-state index < -0.39 is 10.0 Å². The van der Waals surface area contributed by atoms with Crippen LogP contribution in [0.15, 0.2) is 59.9 Å². The van der Waals surface area contributed by atoms with Crippen molar-refractivity contribution in [3.05, 3.63) is 71.4 Å². The zero-order valence-electron chi connectivity index (χ0n) is 18.7. The summed E-state index contributed by atoms with van der Waals surface area (Å²) in [5.41, 5.74) is 2.59. The van der Waals surface area contributed by atoms with Crippen LogP contribution in [-0.2, 0) is 16.6 Å². The zero-order valence-corrected chi connectivity index (χ0v) is 20.3. The van der Waals surface area contributed by atoms with Crippen molar-refractivity contribution in [3.8, 4) is 5.69 Å². The molecule has 1 fully saturated rings. The standard InChI is InChI=1S/C24H25ClFN5O2S/c1-2-9-29-16-21(15-27-29)34(32,33)30-10-7-17(8-11-30)22-12-18-14-28-31(24(18)13-23(22)25)20-5-3-19(26)4-6-20/h3-6,12-17H,2,7-11H2,1H3. The van der Waals surface area contributed by atoms with Gasteiger partial charge in [0.05, 0.1) is 23.6 Å². The second kappa shape index (κ2) is 9.13. The first-order valence-electron chi connectivity index (χ1n) is 11.3. The van der Waals surface area contributed by atoms with Gasteiger partial charge in [0.1, 0.15) is 10.7 Å². The fourth-order valence-corrected chi connectivity index (χ4v) is 6.29. The number of aryl methyl sites for hydroxylation is 1. The number of fused-ring (bicyclic) bond motifs is 1. The van der Waals surface area contributed by atoms with Gasteiger partial charge in [-0.1, -0.05) is 18.5 Å². The summed E-state index contributed by atoms with van der Waals surface area (Å²) in [6.07, 6.45) is 7.06. The number of sulfonamides is 1. The molecule has 0 bridgehead atoms. The summed E-state index contributed by atoms with van der Waals surface area (Å²) >= 11 is 6.69. The highest BCUT2D eigenvalue weighted by Gasteiger charge is 2.31. The van der Waals surface area contributed by atoms with Crippen molar-refractivity contribution in [1.82, 2.24) is 23.9 Å². The van der Waals surface area contributed by atoms with E-state index in [0.717, 1.165) is 28.6 Å². The number of piperidine rings is 1.